The van der Waals surface area contributed by atoms with Gasteiger partial charge in [0.15, 0.2) is 0 Å². The number of rotatable bonds is 3. The van der Waals surface area contributed by atoms with Crippen molar-refractivity contribution in [3.8, 4) is 0 Å². The molecule has 0 aliphatic carbocycles. The van der Waals surface area contributed by atoms with Gasteiger partial charge in [-0.15, -0.1) is 0 Å². The van der Waals surface area contributed by atoms with E-state index in [2.05, 4.69) is 10.6 Å². The fourth-order valence-corrected chi connectivity index (χ4v) is 1.16. The molecule has 0 aromatic heterocycles. The van der Waals surface area contributed by atoms with E-state index >= 15 is 0 Å². The van der Waals surface area contributed by atoms with Crippen LogP contribution in [0.5, 0.6) is 0 Å². The normalized spacial score (nSPS) is 9.50. The Balaban J connectivity index is 2.66. The number of amides is 2. The number of hydrogen-bond acceptors (Lipinski definition) is 3. The summed E-state index contributed by atoms with van der Waals surface area (Å²) in [7, 11) is 0. The predicted octanol–water partition coefficient (Wildman–Crippen LogP) is 3.56. The zero-order valence-electron chi connectivity index (χ0n) is 8.62. The minimum Gasteiger partial charge on any atom is -0.308 e. The number of non-ortho nitro benzene ring substituents is 1. The lowest BCUT2D eigenvalue weighted by atomic mass is 10.3. The molecule has 0 fully saturated rings. The van der Waals surface area contributed by atoms with Crippen LogP contribution in [0.3, 0.4) is 0 Å². The molecule has 0 atom stereocenters. The van der Waals surface area contributed by atoms with Crippen LogP contribution in [0.2, 0.25) is 0 Å². The van der Waals surface area contributed by atoms with Crippen molar-refractivity contribution in [3.63, 3.8) is 0 Å². The maximum Gasteiger partial charge on any atom is 0.324 e. The van der Waals surface area contributed by atoms with Crippen molar-refractivity contribution in [3.05, 3.63) is 44.0 Å². The molecule has 18 heavy (non-hydrogen) atoms. The molecule has 0 aliphatic rings. The van der Waals surface area contributed by atoms with Crippen LogP contribution in [-0.4, -0.2) is 11.0 Å². The summed E-state index contributed by atoms with van der Waals surface area (Å²) in [6.45, 7) is 0. The van der Waals surface area contributed by atoms with E-state index in [0.29, 0.717) is 5.69 Å². The van der Waals surface area contributed by atoms with Gasteiger partial charge >= 0.3 is 6.03 Å². The van der Waals surface area contributed by atoms with Crippen LogP contribution >= 0.6 is 34.8 Å². The number of carbonyl (C=O) groups excluding carboxylic acids is 1. The first kappa shape index (κ1) is 14.6. The molecule has 2 N–H and O–H groups in total. The average molecular weight is 311 g/mol. The van der Waals surface area contributed by atoms with Gasteiger partial charge in [0.25, 0.3) is 5.69 Å². The van der Waals surface area contributed by atoms with E-state index in [0.717, 1.165) is 0 Å². The van der Waals surface area contributed by atoms with E-state index < -0.39 is 11.0 Å². The van der Waals surface area contributed by atoms with Gasteiger partial charge in [0.2, 0.25) is 0 Å². The SMILES string of the molecule is O=C(NC(Cl)=C(Cl)Cl)Nc1ccc([N+](=O)[O-])cc1. The molecule has 0 aliphatic heterocycles. The molecule has 0 saturated carbocycles. The molecule has 0 radical (unpaired) electrons. The van der Waals surface area contributed by atoms with E-state index in [1.165, 1.54) is 24.3 Å². The van der Waals surface area contributed by atoms with Gasteiger partial charge in [-0.1, -0.05) is 34.8 Å². The second-order valence-electron chi connectivity index (χ2n) is 2.96. The highest BCUT2D eigenvalue weighted by Crippen LogP contribution is 2.17. The second-order valence-corrected chi connectivity index (χ2v) is 4.28. The van der Waals surface area contributed by atoms with Crippen LogP contribution in [0.1, 0.15) is 0 Å². The summed E-state index contributed by atoms with van der Waals surface area (Å²) in [6.07, 6.45) is 0. The minimum atomic E-state index is -0.673. The molecule has 2 amide bonds. The fraction of sp³-hybridized carbons (Fsp3) is 0. The Hall–Kier alpha value is -1.50. The Morgan fingerprint density at radius 1 is 1.17 bits per heavy atom. The van der Waals surface area contributed by atoms with E-state index in [9.17, 15) is 14.9 Å². The van der Waals surface area contributed by atoms with Gasteiger partial charge in [-0.05, 0) is 12.1 Å². The van der Waals surface area contributed by atoms with E-state index in [4.69, 9.17) is 34.8 Å². The van der Waals surface area contributed by atoms with Crippen LogP contribution in [0.15, 0.2) is 33.9 Å². The first-order valence-corrected chi connectivity index (χ1v) is 5.57. The van der Waals surface area contributed by atoms with Gasteiger partial charge in [0, 0.05) is 17.8 Å². The maximum absolute atomic E-state index is 11.4. The number of nitro groups is 1. The van der Waals surface area contributed by atoms with Crippen molar-refractivity contribution >= 4 is 52.2 Å². The molecule has 6 nitrogen and oxygen atoms in total. The fourth-order valence-electron chi connectivity index (χ4n) is 0.976. The Labute approximate surface area is 117 Å². The topological polar surface area (TPSA) is 84.3 Å². The monoisotopic (exact) mass is 309 g/mol. The molecule has 0 heterocycles. The Bertz CT molecular complexity index is 498. The summed E-state index contributed by atoms with van der Waals surface area (Å²) in [4.78, 5) is 21.2. The summed E-state index contributed by atoms with van der Waals surface area (Å²) >= 11 is 16.2. The quantitative estimate of drug-likeness (QED) is 0.508. The summed E-state index contributed by atoms with van der Waals surface area (Å²) in [5.74, 6) is 0. The Morgan fingerprint density at radius 2 is 1.72 bits per heavy atom. The highest BCUT2D eigenvalue weighted by atomic mass is 35.5. The number of nitrogens with one attached hydrogen (secondary N) is 2. The molecule has 96 valence electrons. The molecule has 0 saturated heterocycles. The molecular formula is C9H6Cl3N3O3. The summed E-state index contributed by atoms with van der Waals surface area (Å²) in [5.41, 5.74) is 0.274. The molecule has 1 aromatic rings. The lowest BCUT2D eigenvalue weighted by molar-refractivity contribution is -0.384. The third-order valence-corrected chi connectivity index (χ3v) is 2.58. The molecule has 1 rings (SSSR count). The number of nitro benzene ring substituents is 1. The number of hydrogen-bond donors (Lipinski definition) is 2. The number of urea groups is 1. The van der Waals surface area contributed by atoms with E-state index in [-0.39, 0.29) is 15.3 Å². The first-order chi connectivity index (χ1) is 8.40. The van der Waals surface area contributed by atoms with Gasteiger partial charge in [-0.3, -0.25) is 15.4 Å². The van der Waals surface area contributed by atoms with Gasteiger partial charge in [-0.2, -0.15) is 0 Å². The van der Waals surface area contributed by atoms with Crippen molar-refractivity contribution in [1.82, 2.24) is 5.32 Å². The summed E-state index contributed by atoms with van der Waals surface area (Å²) < 4.78 is -0.282. The standard InChI is InChI=1S/C9H6Cl3N3O3/c10-7(11)8(12)14-9(16)13-5-1-3-6(4-2-5)15(17)18/h1-4H,(H2,13,14,16). The molecule has 0 bridgehead atoms. The summed E-state index contributed by atoms with van der Waals surface area (Å²) in [6, 6.07) is 4.57. The van der Waals surface area contributed by atoms with Crippen molar-refractivity contribution in [2.24, 2.45) is 0 Å². The smallest absolute Gasteiger partial charge is 0.308 e. The van der Waals surface area contributed by atoms with Crippen LogP contribution in [0.25, 0.3) is 0 Å². The largest absolute Gasteiger partial charge is 0.324 e. The highest BCUT2D eigenvalue weighted by Gasteiger charge is 2.08. The molecule has 9 heteroatoms. The number of anilines is 1. The third-order valence-electron chi connectivity index (χ3n) is 1.73. The first-order valence-electron chi connectivity index (χ1n) is 4.43. The van der Waals surface area contributed by atoms with Crippen molar-refractivity contribution < 1.29 is 9.72 Å². The number of carbonyl (C=O) groups is 1. The molecular weight excluding hydrogens is 304 g/mol. The lowest BCUT2D eigenvalue weighted by Gasteiger charge is -2.06. The number of benzene rings is 1. The number of halogens is 3. The minimum absolute atomic E-state index is 0.0808. The van der Waals surface area contributed by atoms with Gasteiger partial charge in [-0.25, -0.2) is 4.79 Å². The lowest BCUT2D eigenvalue weighted by Crippen LogP contribution is -2.26. The Morgan fingerprint density at radius 3 is 2.17 bits per heavy atom. The predicted molar refractivity (Wildman–Crippen MR) is 69.8 cm³/mol. The molecule has 0 unspecified atom stereocenters. The van der Waals surface area contributed by atoms with Crippen LogP contribution in [0.4, 0.5) is 16.2 Å². The second kappa shape index (κ2) is 6.44. The zero-order valence-corrected chi connectivity index (χ0v) is 10.9. The van der Waals surface area contributed by atoms with Crippen molar-refractivity contribution in [2.75, 3.05) is 5.32 Å². The van der Waals surface area contributed by atoms with E-state index in [1.54, 1.807) is 0 Å². The molecule has 0 spiro atoms. The maximum atomic E-state index is 11.4. The molecule has 1 aromatic carbocycles. The van der Waals surface area contributed by atoms with Gasteiger partial charge in [0.05, 0.1) is 4.92 Å². The van der Waals surface area contributed by atoms with Crippen LogP contribution in [0, 0.1) is 10.1 Å². The zero-order chi connectivity index (χ0) is 13.7. The average Bonchev–Trinajstić information content (AvgIpc) is 2.29. The van der Waals surface area contributed by atoms with Crippen molar-refractivity contribution in [2.45, 2.75) is 0 Å². The van der Waals surface area contributed by atoms with E-state index in [1.807, 2.05) is 0 Å². The van der Waals surface area contributed by atoms with Crippen LogP contribution < -0.4 is 10.6 Å². The van der Waals surface area contributed by atoms with Gasteiger partial charge < -0.3 is 5.32 Å². The summed E-state index contributed by atoms with van der Waals surface area (Å²) in [5, 5.41) is 14.7. The Kier molecular flexibility index (Phi) is 5.21. The highest BCUT2D eigenvalue weighted by molar-refractivity contribution is 6.59. The third kappa shape index (κ3) is 4.40. The van der Waals surface area contributed by atoms with Crippen LogP contribution in [-0.2, 0) is 0 Å². The number of nitrogens with zero attached hydrogens (tertiary/aromatic N) is 1. The van der Waals surface area contributed by atoms with Crippen molar-refractivity contribution in [1.29, 1.82) is 0 Å². The van der Waals surface area contributed by atoms with Gasteiger partial charge in [0.1, 0.15) is 9.65 Å².